The van der Waals surface area contributed by atoms with Crippen LogP contribution in [0.1, 0.15) is 10.5 Å². The van der Waals surface area contributed by atoms with Gasteiger partial charge in [0, 0.05) is 28.1 Å². The molecule has 0 bridgehead atoms. The maximum atomic E-state index is 10.9. The van der Waals surface area contributed by atoms with Crippen LogP contribution in [0, 0.1) is 10.1 Å². The van der Waals surface area contributed by atoms with E-state index >= 15 is 0 Å². The Morgan fingerprint density at radius 2 is 1.90 bits per heavy atom. The molecule has 0 radical (unpaired) electrons. The van der Waals surface area contributed by atoms with Gasteiger partial charge in [-0.15, -0.1) is 0 Å². The number of aromatic carboxylic acids is 1. The molecule has 2 aromatic rings. The second-order valence-corrected chi connectivity index (χ2v) is 5.68. The van der Waals surface area contributed by atoms with Crippen molar-refractivity contribution < 1.29 is 14.8 Å². The average molecular weight is 345 g/mol. The molecule has 6 nitrogen and oxygen atoms in total. The topological polar surface area (TPSA) is 93.3 Å². The predicted molar refractivity (Wildman–Crippen MR) is 78.4 cm³/mol. The Hall–Kier alpha value is -1.83. The number of halogens is 2. The Bertz CT molecular complexity index is 716. The highest BCUT2D eigenvalue weighted by Crippen LogP contribution is 2.40. The summed E-state index contributed by atoms with van der Waals surface area (Å²) in [4.78, 5) is 25.6. The van der Waals surface area contributed by atoms with Gasteiger partial charge in [0.2, 0.25) is 0 Å². The number of hydrogen-bond acceptors (Lipinski definition) is 5. The Balaban J connectivity index is 2.38. The smallest absolute Gasteiger partial charge is 0.354 e. The van der Waals surface area contributed by atoms with E-state index in [9.17, 15) is 14.9 Å². The molecule has 0 aliphatic heterocycles. The van der Waals surface area contributed by atoms with Crippen LogP contribution in [0.2, 0.25) is 10.0 Å². The highest BCUT2D eigenvalue weighted by molar-refractivity contribution is 7.99. The van der Waals surface area contributed by atoms with Gasteiger partial charge in [-0.2, -0.15) is 0 Å². The van der Waals surface area contributed by atoms with Crippen LogP contribution in [0.5, 0.6) is 0 Å². The first-order valence-corrected chi connectivity index (χ1v) is 6.96. The number of nitro benzene ring substituents is 1. The molecular formula is C12H6Cl2N2O4S. The first kappa shape index (κ1) is 15.6. The minimum Gasteiger partial charge on any atom is -0.477 e. The summed E-state index contributed by atoms with van der Waals surface area (Å²) in [7, 11) is 0. The van der Waals surface area contributed by atoms with Gasteiger partial charge in [-0.05, 0) is 12.1 Å². The van der Waals surface area contributed by atoms with E-state index in [0.29, 0.717) is 9.79 Å². The molecule has 21 heavy (non-hydrogen) atoms. The Morgan fingerprint density at radius 3 is 2.43 bits per heavy atom. The van der Waals surface area contributed by atoms with Crippen LogP contribution < -0.4 is 0 Å². The van der Waals surface area contributed by atoms with Crippen molar-refractivity contribution in [1.29, 1.82) is 0 Å². The van der Waals surface area contributed by atoms with Crippen LogP contribution in [-0.4, -0.2) is 21.0 Å². The van der Waals surface area contributed by atoms with Crippen molar-refractivity contribution in [3.8, 4) is 0 Å². The van der Waals surface area contributed by atoms with Gasteiger partial charge in [0.05, 0.1) is 15.0 Å². The molecule has 0 saturated carbocycles. The summed E-state index contributed by atoms with van der Waals surface area (Å²) in [6, 6.07) is 5.33. The second-order valence-electron chi connectivity index (χ2n) is 3.78. The van der Waals surface area contributed by atoms with Gasteiger partial charge in [-0.1, -0.05) is 35.0 Å². The number of rotatable bonds is 4. The number of pyridine rings is 1. The average Bonchev–Trinajstić information content (AvgIpc) is 2.42. The molecule has 0 aliphatic rings. The third kappa shape index (κ3) is 3.63. The zero-order valence-corrected chi connectivity index (χ0v) is 12.4. The largest absolute Gasteiger partial charge is 0.477 e. The lowest BCUT2D eigenvalue weighted by molar-refractivity contribution is -0.384. The summed E-state index contributed by atoms with van der Waals surface area (Å²) in [6.45, 7) is 0. The first-order valence-electron chi connectivity index (χ1n) is 5.39. The molecule has 9 heteroatoms. The lowest BCUT2D eigenvalue weighted by Crippen LogP contribution is -1.99. The van der Waals surface area contributed by atoms with E-state index in [1.165, 1.54) is 24.4 Å². The van der Waals surface area contributed by atoms with Gasteiger partial charge < -0.3 is 5.11 Å². The number of carboxylic acids is 1. The van der Waals surface area contributed by atoms with Gasteiger partial charge in [0.1, 0.15) is 5.69 Å². The Kier molecular flexibility index (Phi) is 4.66. The summed E-state index contributed by atoms with van der Waals surface area (Å²) >= 11 is 13.1. The molecule has 2 rings (SSSR count). The monoisotopic (exact) mass is 344 g/mol. The summed E-state index contributed by atoms with van der Waals surface area (Å²) in [5.74, 6) is -1.15. The van der Waals surface area contributed by atoms with Crippen LogP contribution in [0.25, 0.3) is 0 Å². The summed E-state index contributed by atoms with van der Waals surface area (Å²) in [5.41, 5.74) is -0.329. The fourth-order valence-electron chi connectivity index (χ4n) is 1.46. The number of nitrogens with zero attached hydrogens (tertiary/aromatic N) is 2. The molecule has 0 atom stereocenters. The zero-order chi connectivity index (χ0) is 15.6. The quantitative estimate of drug-likeness (QED) is 0.661. The van der Waals surface area contributed by atoms with Gasteiger partial charge in [0.25, 0.3) is 5.69 Å². The highest BCUT2D eigenvalue weighted by atomic mass is 35.5. The van der Waals surface area contributed by atoms with Gasteiger partial charge in [0.15, 0.2) is 0 Å². The van der Waals surface area contributed by atoms with Crippen molar-refractivity contribution in [2.75, 3.05) is 0 Å². The third-order valence-electron chi connectivity index (χ3n) is 2.36. The van der Waals surface area contributed by atoms with Crippen molar-refractivity contribution >= 4 is 46.6 Å². The Labute approximate surface area is 132 Å². The van der Waals surface area contributed by atoms with Crippen molar-refractivity contribution in [2.45, 2.75) is 9.79 Å². The number of hydrogen-bond donors (Lipinski definition) is 1. The number of aromatic nitrogens is 1. The fourth-order valence-corrected chi connectivity index (χ4v) is 3.01. The van der Waals surface area contributed by atoms with E-state index in [1.807, 2.05) is 0 Å². The first-order chi connectivity index (χ1) is 9.88. The maximum Gasteiger partial charge on any atom is 0.354 e. The number of carboxylic acid groups (broad SMARTS) is 1. The van der Waals surface area contributed by atoms with Crippen molar-refractivity contribution in [3.05, 3.63) is 56.3 Å². The highest BCUT2D eigenvalue weighted by Gasteiger charge is 2.16. The number of nitro groups is 1. The van der Waals surface area contributed by atoms with Gasteiger partial charge >= 0.3 is 5.97 Å². The van der Waals surface area contributed by atoms with E-state index < -0.39 is 10.9 Å². The number of benzene rings is 1. The van der Waals surface area contributed by atoms with E-state index in [0.717, 1.165) is 11.8 Å². The van der Waals surface area contributed by atoms with Crippen LogP contribution >= 0.6 is 35.0 Å². The molecule has 0 spiro atoms. The molecule has 1 aromatic heterocycles. The maximum absolute atomic E-state index is 10.9. The zero-order valence-electron chi connectivity index (χ0n) is 10.1. The standard InChI is InChI=1S/C12H6Cl2N2O4S/c13-8-3-6(16(19)20)4-9(14)11(8)21-7-1-2-15-10(5-7)12(17)18/h1-5H,(H,17,18). The normalized spacial score (nSPS) is 10.4. The third-order valence-corrected chi connectivity index (χ3v) is 4.32. The van der Waals surface area contributed by atoms with Crippen LogP contribution in [0.4, 0.5) is 5.69 Å². The van der Waals surface area contributed by atoms with E-state index in [2.05, 4.69) is 4.98 Å². The van der Waals surface area contributed by atoms with Crippen LogP contribution in [0.15, 0.2) is 40.3 Å². The molecule has 0 aliphatic carbocycles. The molecule has 1 heterocycles. The predicted octanol–water partition coefficient (Wildman–Crippen LogP) is 4.15. The molecule has 0 saturated heterocycles. The lowest BCUT2D eigenvalue weighted by atomic mass is 10.3. The molecule has 0 unspecified atom stereocenters. The second kappa shape index (κ2) is 6.30. The van der Waals surface area contributed by atoms with Crippen LogP contribution in [-0.2, 0) is 0 Å². The molecule has 0 amide bonds. The molecule has 1 aromatic carbocycles. The van der Waals surface area contributed by atoms with E-state index in [4.69, 9.17) is 28.3 Å². The van der Waals surface area contributed by atoms with Crippen molar-refractivity contribution in [2.24, 2.45) is 0 Å². The molecule has 0 fully saturated rings. The minimum atomic E-state index is -1.15. The lowest BCUT2D eigenvalue weighted by Gasteiger charge is -2.07. The SMILES string of the molecule is O=C(O)c1cc(Sc2c(Cl)cc([N+](=O)[O-])cc2Cl)ccn1. The van der Waals surface area contributed by atoms with Gasteiger partial charge in [-0.3, -0.25) is 10.1 Å². The minimum absolute atomic E-state index is 0.117. The number of carbonyl (C=O) groups is 1. The summed E-state index contributed by atoms with van der Waals surface area (Å²) in [5, 5.41) is 19.8. The number of non-ortho nitro benzene ring substituents is 1. The molecular weight excluding hydrogens is 339 g/mol. The van der Waals surface area contributed by atoms with Gasteiger partial charge in [-0.25, -0.2) is 9.78 Å². The van der Waals surface area contributed by atoms with E-state index in [1.54, 1.807) is 6.07 Å². The molecule has 1 N–H and O–H groups in total. The van der Waals surface area contributed by atoms with E-state index in [-0.39, 0.29) is 21.4 Å². The summed E-state index contributed by atoms with van der Waals surface area (Å²) < 4.78 is 0. The Morgan fingerprint density at radius 1 is 1.29 bits per heavy atom. The van der Waals surface area contributed by atoms with Crippen molar-refractivity contribution in [1.82, 2.24) is 4.98 Å². The van der Waals surface area contributed by atoms with Crippen molar-refractivity contribution in [3.63, 3.8) is 0 Å². The summed E-state index contributed by atoms with van der Waals surface area (Å²) in [6.07, 6.45) is 1.35. The fraction of sp³-hybridized carbons (Fsp3) is 0. The molecule has 108 valence electrons. The van der Waals surface area contributed by atoms with Crippen LogP contribution in [0.3, 0.4) is 0 Å².